The highest BCUT2D eigenvalue weighted by atomic mass is 16.5. The zero-order valence-electron chi connectivity index (χ0n) is 10.5. The van der Waals surface area contributed by atoms with Crippen molar-refractivity contribution >= 4 is 0 Å². The number of nitrogens with zero attached hydrogens (tertiary/aromatic N) is 3. The fourth-order valence-corrected chi connectivity index (χ4v) is 3.26. The van der Waals surface area contributed by atoms with E-state index < -0.39 is 0 Å². The monoisotopic (exact) mass is 235 g/mol. The van der Waals surface area contributed by atoms with E-state index in [1.165, 1.54) is 45.3 Å². The number of aromatic nitrogens is 1. The highest BCUT2D eigenvalue weighted by Gasteiger charge is 2.34. The van der Waals surface area contributed by atoms with Gasteiger partial charge < -0.3 is 9.42 Å². The quantitative estimate of drug-likeness (QED) is 0.784. The minimum absolute atomic E-state index is 0.502. The lowest BCUT2D eigenvalue weighted by atomic mass is 10.0. The summed E-state index contributed by atoms with van der Waals surface area (Å²) in [7, 11) is 2.22. The summed E-state index contributed by atoms with van der Waals surface area (Å²) in [5.74, 6) is 0. The van der Waals surface area contributed by atoms with Crippen molar-refractivity contribution in [3.8, 4) is 0 Å². The first-order valence-electron chi connectivity index (χ1n) is 6.69. The molecule has 0 aliphatic carbocycles. The Morgan fingerprint density at radius 3 is 2.76 bits per heavy atom. The molecule has 1 aromatic rings. The van der Waals surface area contributed by atoms with Crippen LogP contribution in [0.3, 0.4) is 0 Å². The van der Waals surface area contributed by atoms with Gasteiger partial charge in [-0.25, -0.2) is 0 Å². The average molecular weight is 235 g/mol. The molecule has 2 aliphatic rings. The number of hydrogen-bond acceptors (Lipinski definition) is 4. The molecule has 1 atom stereocenters. The Balaban J connectivity index is 1.69. The van der Waals surface area contributed by atoms with Gasteiger partial charge in [0.15, 0.2) is 0 Å². The zero-order chi connectivity index (χ0) is 11.7. The Morgan fingerprint density at radius 2 is 2.06 bits per heavy atom. The summed E-state index contributed by atoms with van der Waals surface area (Å²) in [4.78, 5) is 5.09. The van der Waals surface area contributed by atoms with Crippen molar-refractivity contribution in [2.45, 2.75) is 37.8 Å². The Morgan fingerprint density at radius 1 is 1.24 bits per heavy atom. The van der Waals surface area contributed by atoms with E-state index in [2.05, 4.69) is 22.0 Å². The molecule has 17 heavy (non-hydrogen) atoms. The largest absolute Gasteiger partial charge is 0.364 e. The molecule has 0 amide bonds. The van der Waals surface area contributed by atoms with Crippen LogP contribution in [0.5, 0.6) is 0 Å². The highest BCUT2D eigenvalue weighted by molar-refractivity contribution is 5.06. The van der Waals surface area contributed by atoms with Crippen molar-refractivity contribution in [2.24, 2.45) is 0 Å². The summed E-state index contributed by atoms with van der Waals surface area (Å²) >= 11 is 0. The van der Waals surface area contributed by atoms with E-state index >= 15 is 0 Å². The van der Waals surface area contributed by atoms with Gasteiger partial charge in [0, 0.05) is 12.1 Å². The van der Waals surface area contributed by atoms with E-state index in [4.69, 9.17) is 4.52 Å². The molecule has 2 saturated heterocycles. The van der Waals surface area contributed by atoms with Gasteiger partial charge in [-0.05, 0) is 52.4 Å². The summed E-state index contributed by atoms with van der Waals surface area (Å²) in [6.45, 7) is 3.69. The lowest BCUT2D eigenvalue weighted by Gasteiger charge is -2.37. The summed E-state index contributed by atoms with van der Waals surface area (Å²) in [5.41, 5.74) is 1.13. The van der Waals surface area contributed by atoms with Gasteiger partial charge in [0.2, 0.25) is 0 Å². The number of hydrogen-bond donors (Lipinski definition) is 0. The molecule has 3 heterocycles. The topological polar surface area (TPSA) is 32.5 Å². The van der Waals surface area contributed by atoms with Gasteiger partial charge in [-0.15, -0.1) is 0 Å². The fraction of sp³-hybridized carbons (Fsp3) is 0.769. The molecule has 94 valence electrons. The maximum Gasteiger partial charge on any atom is 0.124 e. The van der Waals surface area contributed by atoms with Crippen LogP contribution in [0.15, 0.2) is 16.9 Å². The number of rotatable bonds is 2. The molecule has 2 aliphatic heterocycles. The molecule has 0 radical (unpaired) electrons. The van der Waals surface area contributed by atoms with Crippen molar-refractivity contribution in [3.63, 3.8) is 0 Å². The summed E-state index contributed by atoms with van der Waals surface area (Å²) < 4.78 is 4.99. The van der Waals surface area contributed by atoms with Gasteiger partial charge in [-0.3, -0.25) is 4.90 Å². The van der Waals surface area contributed by atoms with Crippen LogP contribution < -0.4 is 0 Å². The van der Waals surface area contributed by atoms with Crippen molar-refractivity contribution in [1.82, 2.24) is 15.0 Å². The van der Waals surface area contributed by atoms with Gasteiger partial charge >= 0.3 is 0 Å². The first-order chi connectivity index (χ1) is 8.34. The number of likely N-dealkylation sites (tertiary alicyclic amines) is 2. The van der Waals surface area contributed by atoms with Crippen LogP contribution in [0.25, 0.3) is 0 Å². The predicted molar refractivity (Wildman–Crippen MR) is 65.7 cm³/mol. The van der Waals surface area contributed by atoms with Crippen LogP contribution in [0, 0.1) is 0 Å². The standard InChI is InChI=1S/C13H21N3O/c1-15-8-4-11(5-9-15)16-7-2-3-13(16)12-6-10-17-14-12/h6,10-11,13H,2-5,7-9H2,1H3. The van der Waals surface area contributed by atoms with Gasteiger partial charge in [0.05, 0.1) is 6.04 Å². The maximum atomic E-state index is 4.99. The van der Waals surface area contributed by atoms with E-state index in [0.717, 1.165) is 11.7 Å². The Bertz CT molecular complexity index is 344. The second kappa shape index (κ2) is 4.78. The third kappa shape index (κ3) is 2.24. The maximum absolute atomic E-state index is 4.99. The molecule has 0 saturated carbocycles. The lowest BCUT2D eigenvalue weighted by Crippen LogP contribution is -2.43. The molecule has 3 rings (SSSR count). The second-order valence-electron chi connectivity index (χ2n) is 5.35. The molecule has 1 unspecified atom stereocenters. The average Bonchev–Trinajstić information content (AvgIpc) is 3.00. The lowest BCUT2D eigenvalue weighted by molar-refractivity contribution is 0.107. The van der Waals surface area contributed by atoms with Crippen molar-refractivity contribution < 1.29 is 4.52 Å². The third-order valence-electron chi connectivity index (χ3n) is 4.25. The van der Waals surface area contributed by atoms with Crippen LogP contribution in [0.2, 0.25) is 0 Å². The minimum Gasteiger partial charge on any atom is -0.364 e. The first kappa shape index (κ1) is 11.2. The Hall–Kier alpha value is -0.870. The molecule has 4 heteroatoms. The molecule has 0 N–H and O–H groups in total. The van der Waals surface area contributed by atoms with Crippen LogP contribution >= 0.6 is 0 Å². The Kier molecular flexibility index (Phi) is 3.16. The van der Waals surface area contributed by atoms with E-state index in [1.54, 1.807) is 6.26 Å². The molecular formula is C13H21N3O. The third-order valence-corrected chi connectivity index (χ3v) is 4.25. The molecule has 1 aromatic heterocycles. The smallest absolute Gasteiger partial charge is 0.124 e. The van der Waals surface area contributed by atoms with Crippen LogP contribution in [0.4, 0.5) is 0 Å². The van der Waals surface area contributed by atoms with Gasteiger partial charge in [0.1, 0.15) is 12.0 Å². The van der Waals surface area contributed by atoms with Crippen molar-refractivity contribution in [1.29, 1.82) is 0 Å². The van der Waals surface area contributed by atoms with E-state index in [1.807, 2.05) is 6.07 Å². The Labute approximate surface area is 103 Å². The van der Waals surface area contributed by atoms with Gasteiger partial charge in [0.25, 0.3) is 0 Å². The summed E-state index contributed by atoms with van der Waals surface area (Å²) in [6, 6.07) is 3.27. The van der Waals surface area contributed by atoms with E-state index in [-0.39, 0.29) is 0 Å². The van der Waals surface area contributed by atoms with Crippen LogP contribution in [-0.4, -0.2) is 47.7 Å². The summed E-state index contributed by atoms with van der Waals surface area (Å²) in [6.07, 6.45) is 6.82. The molecule has 0 spiro atoms. The van der Waals surface area contributed by atoms with Crippen LogP contribution in [-0.2, 0) is 0 Å². The molecule has 0 bridgehead atoms. The highest BCUT2D eigenvalue weighted by Crippen LogP contribution is 2.35. The van der Waals surface area contributed by atoms with Gasteiger partial charge in [-0.2, -0.15) is 0 Å². The second-order valence-corrected chi connectivity index (χ2v) is 5.35. The van der Waals surface area contributed by atoms with E-state index in [0.29, 0.717) is 6.04 Å². The number of piperidine rings is 1. The zero-order valence-corrected chi connectivity index (χ0v) is 10.5. The molecular weight excluding hydrogens is 214 g/mol. The SMILES string of the molecule is CN1CCC(N2CCCC2c2ccon2)CC1. The summed E-state index contributed by atoms with van der Waals surface area (Å²) in [5, 5.41) is 4.13. The van der Waals surface area contributed by atoms with Crippen molar-refractivity contribution in [3.05, 3.63) is 18.0 Å². The normalized spacial score (nSPS) is 28.9. The molecule has 0 aromatic carbocycles. The predicted octanol–water partition coefficient (Wildman–Crippen LogP) is 1.91. The minimum atomic E-state index is 0.502. The molecule has 4 nitrogen and oxygen atoms in total. The first-order valence-corrected chi connectivity index (χ1v) is 6.69. The van der Waals surface area contributed by atoms with E-state index in [9.17, 15) is 0 Å². The van der Waals surface area contributed by atoms with Crippen molar-refractivity contribution in [2.75, 3.05) is 26.7 Å². The van der Waals surface area contributed by atoms with Crippen LogP contribution in [0.1, 0.15) is 37.4 Å². The fourth-order valence-electron chi connectivity index (χ4n) is 3.26. The molecule has 2 fully saturated rings. The van der Waals surface area contributed by atoms with Gasteiger partial charge in [-0.1, -0.05) is 5.16 Å².